The summed E-state index contributed by atoms with van der Waals surface area (Å²) in [6.45, 7) is 7.68. The fourth-order valence-corrected chi connectivity index (χ4v) is 1.66. The molecule has 5 heteroatoms. The first-order chi connectivity index (χ1) is 7.89. The molecule has 96 valence electrons. The van der Waals surface area contributed by atoms with Crippen molar-refractivity contribution in [2.45, 2.75) is 52.6 Å². The molecule has 1 heterocycles. The maximum absolute atomic E-state index is 11.2. The van der Waals surface area contributed by atoms with E-state index in [1.807, 2.05) is 20.8 Å². The zero-order valence-corrected chi connectivity index (χ0v) is 10.8. The van der Waals surface area contributed by atoms with Gasteiger partial charge in [0.25, 0.3) is 0 Å². The lowest BCUT2D eigenvalue weighted by Gasteiger charge is -2.25. The van der Waals surface area contributed by atoms with Gasteiger partial charge in [0.05, 0.1) is 12.2 Å². The van der Waals surface area contributed by atoms with Gasteiger partial charge >= 0.3 is 5.97 Å². The van der Waals surface area contributed by atoms with E-state index in [1.165, 1.54) is 0 Å². The molecule has 1 aromatic heterocycles. The van der Waals surface area contributed by atoms with Crippen LogP contribution < -0.4 is 5.32 Å². The fraction of sp³-hybridized carbons (Fsp3) is 0.667. The smallest absolute Gasteiger partial charge is 0.323 e. The van der Waals surface area contributed by atoms with Gasteiger partial charge in [-0.15, -0.1) is 0 Å². The molecule has 0 amide bonds. The summed E-state index contributed by atoms with van der Waals surface area (Å²) < 4.78 is 5.40. The van der Waals surface area contributed by atoms with Crippen molar-refractivity contribution < 1.29 is 14.3 Å². The summed E-state index contributed by atoms with van der Waals surface area (Å²) in [4.78, 5) is 15.4. The lowest BCUT2D eigenvalue weighted by molar-refractivity contribution is -0.144. The van der Waals surface area contributed by atoms with Crippen LogP contribution in [0.25, 0.3) is 0 Å². The van der Waals surface area contributed by atoms with Crippen LogP contribution in [-0.2, 0) is 11.3 Å². The summed E-state index contributed by atoms with van der Waals surface area (Å²) in [7, 11) is 0. The van der Waals surface area contributed by atoms with Gasteiger partial charge in [-0.2, -0.15) is 0 Å². The first-order valence-corrected chi connectivity index (χ1v) is 5.80. The Morgan fingerprint density at radius 2 is 2.18 bits per heavy atom. The Hall–Kier alpha value is -1.36. The highest BCUT2D eigenvalue weighted by atomic mass is 16.4. The first kappa shape index (κ1) is 13.7. The maximum atomic E-state index is 11.2. The van der Waals surface area contributed by atoms with Gasteiger partial charge in [-0.25, -0.2) is 4.98 Å². The minimum Gasteiger partial charge on any atom is -0.480 e. The van der Waals surface area contributed by atoms with Gasteiger partial charge in [0, 0.05) is 0 Å². The number of hydrogen-bond donors (Lipinski definition) is 2. The summed E-state index contributed by atoms with van der Waals surface area (Å²) >= 11 is 0. The van der Waals surface area contributed by atoms with Gasteiger partial charge in [0.15, 0.2) is 0 Å². The van der Waals surface area contributed by atoms with E-state index in [0.29, 0.717) is 18.9 Å². The van der Waals surface area contributed by atoms with Crippen molar-refractivity contribution in [3.05, 3.63) is 17.3 Å². The molecule has 1 rings (SSSR count). The number of nitrogens with one attached hydrogen (secondary N) is 1. The number of oxazole rings is 1. The van der Waals surface area contributed by atoms with Crippen LogP contribution in [0.15, 0.2) is 4.42 Å². The Morgan fingerprint density at radius 3 is 2.59 bits per heavy atom. The quantitative estimate of drug-likeness (QED) is 0.795. The molecule has 1 atom stereocenters. The fourth-order valence-electron chi connectivity index (χ4n) is 1.66. The molecule has 17 heavy (non-hydrogen) atoms. The van der Waals surface area contributed by atoms with E-state index in [4.69, 9.17) is 4.42 Å². The molecule has 0 bridgehead atoms. The van der Waals surface area contributed by atoms with Crippen LogP contribution in [0.3, 0.4) is 0 Å². The highest BCUT2D eigenvalue weighted by Crippen LogP contribution is 2.15. The van der Waals surface area contributed by atoms with E-state index in [-0.39, 0.29) is 0 Å². The van der Waals surface area contributed by atoms with Crippen molar-refractivity contribution in [1.29, 1.82) is 0 Å². The highest BCUT2D eigenvalue weighted by Gasteiger charge is 2.31. The Labute approximate surface area is 101 Å². The molecule has 0 saturated carbocycles. The molecule has 1 aromatic rings. The second kappa shape index (κ2) is 5.31. The van der Waals surface area contributed by atoms with Crippen LogP contribution in [0.1, 0.15) is 44.0 Å². The first-order valence-electron chi connectivity index (χ1n) is 5.80. The van der Waals surface area contributed by atoms with Crippen LogP contribution in [-0.4, -0.2) is 21.6 Å². The molecule has 0 aliphatic rings. The zero-order valence-electron chi connectivity index (χ0n) is 10.8. The van der Waals surface area contributed by atoms with Crippen molar-refractivity contribution in [3.63, 3.8) is 0 Å². The van der Waals surface area contributed by atoms with E-state index in [1.54, 1.807) is 6.92 Å². The van der Waals surface area contributed by atoms with Gasteiger partial charge in [0.1, 0.15) is 11.3 Å². The SMILES string of the molecule is CCCC(C)(NCc1nc(C)c(C)o1)C(=O)O. The third kappa shape index (κ3) is 3.30. The van der Waals surface area contributed by atoms with Crippen molar-refractivity contribution in [2.75, 3.05) is 0 Å². The van der Waals surface area contributed by atoms with Crippen molar-refractivity contribution in [1.82, 2.24) is 10.3 Å². The van der Waals surface area contributed by atoms with Crippen LogP contribution in [0.4, 0.5) is 0 Å². The van der Waals surface area contributed by atoms with Gasteiger partial charge in [0.2, 0.25) is 5.89 Å². The molecule has 0 fully saturated rings. The molecule has 0 spiro atoms. The normalized spacial score (nSPS) is 14.6. The summed E-state index contributed by atoms with van der Waals surface area (Å²) in [6.07, 6.45) is 1.38. The highest BCUT2D eigenvalue weighted by molar-refractivity contribution is 5.78. The predicted octanol–water partition coefficient (Wildman–Crippen LogP) is 2.02. The number of aromatic nitrogens is 1. The van der Waals surface area contributed by atoms with Gasteiger partial charge < -0.3 is 9.52 Å². The number of hydrogen-bond acceptors (Lipinski definition) is 4. The van der Waals surface area contributed by atoms with E-state index < -0.39 is 11.5 Å². The number of rotatable bonds is 6. The molecular weight excluding hydrogens is 220 g/mol. The lowest BCUT2D eigenvalue weighted by atomic mass is 9.96. The Bertz CT molecular complexity index is 381. The second-order valence-corrected chi connectivity index (χ2v) is 4.49. The predicted molar refractivity (Wildman–Crippen MR) is 63.8 cm³/mol. The monoisotopic (exact) mass is 240 g/mol. The van der Waals surface area contributed by atoms with E-state index >= 15 is 0 Å². The Morgan fingerprint density at radius 1 is 1.53 bits per heavy atom. The minimum absolute atomic E-state index is 0.331. The Kier molecular flexibility index (Phi) is 4.28. The van der Waals surface area contributed by atoms with E-state index in [2.05, 4.69) is 10.3 Å². The molecule has 2 N–H and O–H groups in total. The summed E-state index contributed by atoms with van der Waals surface area (Å²) in [6, 6.07) is 0. The van der Waals surface area contributed by atoms with Crippen LogP contribution in [0.2, 0.25) is 0 Å². The molecule has 0 radical (unpaired) electrons. The van der Waals surface area contributed by atoms with Crippen molar-refractivity contribution in [2.24, 2.45) is 0 Å². The number of carboxylic acids is 1. The molecule has 0 saturated heterocycles. The average Bonchev–Trinajstić information content (AvgIpc) is 2.56. The number of carboxylic acid groups (broad SMARTS) is 1. The third-order valence-electron chi connectivity index (χ3n) is 2.92. The summed E-state index contributed by atoms with van der Waals surface area (Å²) in [5, 5.41) is 12.2. The molecule has 0 aliphatic heterocycles. The summed E-state index contributed by atoms with van der Waals surface area (Å²) in [5.74, 6) is 0.456. The molecule has 0 aliphatic carbocycles. The van der Waals surface area contributed by atoms with Crippen LogP contribution in [0.5, 0.6) is 0 Å². The zero-order chi connectivity index (χ0) is 13.1. The number of carbonyl (C=O) groups is 1. The largest absolute Gasteiger partial charge is 0.480 e. The van der Waals surface area contributed by atoms with Gasteiger partial charge in [-0.1, -0.05) is 13.3 Å². The average molecular weight is 240 g/mol. The van der Waals surface area contributed by atoms with E-state index in [9.17, 15) is 9.90 Å². The summed E-state index contributed by atoms with van der Waals surface area (Å²) in [5.41, 5.74) is -0.0836. The van der Waals surface area contributed by atoms with Gasteiger partial charge in [-0.3, -0.25) is 10.1 Å². The number of nitrogens with zero attached hydrogens (tertiary/aromatic N) is 1. The van der Waals surface area contributed by atoms with Crippen LogP contribution in [0, 0.1) is 13.8 Å². The lowest BCUT2D eigenvalue weighted by Crippen LogP contribution is -2.49. The second-order valence-electron chi connectivity index (χ2n) is 4.49. The molecule has 1 unspecified atom stereocenters. The minimum atomic E-state index is -0.926. The third-order valence-corrected chi connectivity index (χ3v) is 2.92. The van der Waals surface area contributed by atoms with Gasteiger partial charge in [-0.05, 0) is 27.2 Å². The van der Waals surface area contributed by atoms with Crippen molar-refractivity contribution in [3.8, 4) is 0 Å². The molecular formula is C12H20N2O3. The number of aryl methyl sites for hydroxylation is 2. The Balaban J connectivity index is 2.67. The molecule has 0 aromatic carbocycles. The molecule has 5 nitrogen and oxygen atoms in total. The standard InChI is InChI=1S/C12H20N2O3/c1-5-6-12(4,11(15)16)13-7-10-14-8(2)9(3)17-10/h13H,5-7H2,1-4H3,(H,15,16). The maximum Gasteiger partial charge on any atom is 0.323 e. The topological polar surface area (TPSA) is 75.4 Å². The van der Waals surface area contributed by atoms with E-state index in [0.717, 1.165) is 17.9 Å². The number of aliphatic carboxylic acids is 1. The van der Waals surface area contributed by atoms with Crippen molar-refractivity contribution >= 4 is 5.97 Å². The van der Waals surface area contributed by atoms with Crippen LogP contribution >= 0.6 is 0 Å².